The number of benzene rings is 1. The van der Waals surface area contributed by atoms with Gasteiger partial charge in [-0.2, -0.15) is 5.26 Å². The minimum atomic E-state index is -0.274. The van der Waals surface area contributed by atoms with E-state index >= 15 is 0 Å². The number of fused-ring (bicyclic) bond motifs is 1. The van der Waals surface area contributed by atoms with E-state index in [4.69, 9.17) is 10.00 Å². The molecule has 0 fully saturated rings. The van der Waals surface area contributed by atoms with Gasteiger partial charge in [0.25, 0.3) is 0 Å². The molecule has 0 atom stereocenters. The van der Waals surface area contributed by atoms with Gasteiger partial charge >= 0.3 is 5.97 Å². The van der Waals surface area contributed by atoms with Gasteiger partial charge in [-0.15, -0.1) is 11.3 Å². The molecule has 1 aliphatic heterocycles. The number of rotatable bonds is 3. The van der Waals surface area contributed by atoms with Crippen molar-refractivity contribution in [3.63, 3.8) is 0 Å². The van der Waals surface area contributed by atoms with Crippen molar-refractivity contribution in [3.8, 4) is 11.1 Å². The third kappa shape index (κ3) is 3.35. The third-order valence-electron chi connectivity index (χ3n) is 3.63. The van der Waals surface area contributed by atoms with Gasteiger partial charge in [-0.3, -0.25) is 9.69 Å². The Balaban J connectivity index is 1.70. The zero-order valence-corrected chi connectivity index (χ0v) is 13.2. The highest BCUT2D eigenvalue weighted by Gasteiger charge is 2.20. The molecule has 1 aromatic carbocycles. The summed E-state index contributed by atoms with van der Waals surface area (Å²) in [6.07, 6.45) is 0.971. The summed E-state index contributed by atoms with van der Waals surface area (Å²) in [6.45, 7) is 4.08. The summed E-state index contributed by atoms with van der Waals surface area (Å²) < 4.78 is 5.18. The number of nitrogens with zero attached hydrogens (tertiary/aromatic N) is 2. The van der Waals surface area contributed by atoms with Crippen LogP contribution in [0, 0.1) is 11.3 Å². The molecule has 2 heterocycles. The molecule has 5 heteroatoms. The number of thiophene rings is 1. The van der Waals surface area contributed by atoms with Crippen molar-refractivity contribution in [1.82, 2.24) is 4.90 Å². The molecule has 0 saturated heterocycles. The standard InChI is InChI=1S/C17H16N2O2S/c1-12(20)21-17-8-15-11-19(6-5-16(15)22-17)10-14-4-2-3-13(7-14)9-18/h2-4,7-8H,5-6,10-11H2,1H3. The normalized spacial score (nSPS) is 14.2. The fourth-order valence-corrected chi connectivity index (χ4v) is 3.74. The quantitative estimate of drug-likeness (QED) is 0.817. The summed E-state index contributed by atoms with van der Waals surface area (Å²) in [5.41, 5.74) is 3.09. The van der Waals surface area contributed by atoms with E-state index < -0.39 is 0 Å². The molecule has 0 radical (unpaired) electrons. The predicted octanol–water partition coefficient (Wildman–Crippen LogP) is 3.10. The lowest BCUT2D eigenvalue weighted by Gasteiger charge is -2.26. The monoisotopic (exact) mass is 312 g/mol. The van der Waals surface area contributed by atoms with Gasteiger partial charge in [0.05, 0.1) is 11.6 Å². The highest BCUT2D eigenvalue weighted by atomic mass is 32.1. The number of hydrogen-bond donors (Lipinski definition) is 0. The van der Waals surface area contributed by atoms with Gasteiger partial charge in [-0.05, 0) is 35.7 Å². The Hall–Kier alpha value is -2.16. The molecule has 0 amide bonds. The van der Waals surface area contributed by atoms with Crippen LogP contribution in [0.2, 0.25) is 0 Å². The van der Waals surface area contributed by atoms with Crippen LogP contribution < -0.4 is 4.74 Å². The Labute approximate surface area is 133 Å². The first kappa shape index (κ1) is 14.8. The van der Waals surface area contributed by atoms with Crippen LogP contribution in [0.4, 0.5) is 0 Å². The zero-order valence-electron chi connectivity index (χ0n) is 12.3. The van der Waals surface area contributed by atoms with Gasteiger partial charge < -0.3 is 4.74 Å². The predicted molar refractivity (Wildman–Crippen MR) is 84.6 cm³/mol. The second-order valence-electron chi connectivity index (χ2n) is 5.38. The molecular formula is C17H16N2O2S. The lowest BCUT2D eigenvalue weighted by Crippen LogP contribution is -2.29. The molecular weight excluding hydrogens is 296 g/mol. The number of carbonyl (C=O) groups is 1. The Kier molecular flexibility index (Phi) is 4.23. The summed E-state index contributed by atoms with van der Waals surface area (Å²) in [6, 6.07) is 11.9. The van der Waals surface area contributed by atoms with Gasteiger partial charge in [0.15, 0.2) is 5.06 Å². The maximum Gasteiger partial charge on any atom is 0.308 e. The van der Waals surface area contributed by atoms with Crippen LogP contribution in [0.15, 0.2) is 30.3 Å². The van der Waals surface area contributed by atoms with Crippen molar-refractivity contribution in [1.29, 1.82) is 5.26 Å². The molecule has 0 N–H and O–H groups in total. The number of hydrogen-bond acceptors (Lipinski definition) is 5. The molecule has 1 aromatic heterocycles. The number of esters is 1. The first-order valence-electron chi connectivity index (χ1n) is 7.15. The smallest absolute Gasteiger partial charge is 0.308 e. The average Bonchev–Trinajstić information content (AvgIpc) is 2.88. The van der Waals surface area contributed by atoms with Crippen LogP contribution in [-0.4, -0.2) is 17.4 Å². The van der Waals surface area contributed by atoms with E-state index in [1.807, 2.05) is 30.3 Å². The van der Waals surface area contributed by atoms with E-state index in [1.54, 1.807) is 11.3 Å². The van der Waals surface area contributed by atoms with Crippen LogP contribution in [0.1, 0.15) is 28.5 Å². The second kappa shape index (κ2) is 6.30. The maximum absolute atomic E-state index is 11.0. The highest BCUT2D eigenvalue weighted by molar-refractivity contribution is 7.14. The second-order valence-corrected chi connectivity index (χ2v) is 6.48. The minimum Gasteiger partial charge on any atom is -0.416 e. The highest BCUT2D eigenvalue weighted by Crippen LogP contribution is 2.33. The fraction of sp³-hybridized carbons (Fsp3) is 0.294. The zero-order chi connectivity index (χ0) is 15.5. The summed E-state index contributed by atoms with van der Waals surface area (Å²) >= 11 is 1.57. The first-order chi connectivity index (χ1) is 10.6. The first-order valence-corrected chi connectivity index (χ1v) is 7.97. The van der Waals surface area contributed by atoms with E-state index in [2.05, 4.69) is 11.0 Å². The summed E-state index contributed by atoms with van der Waals surface area (Å²) in [5, 5.41) is 9.66. The molecule has 0 bridgehead atoms. The van der Waals surface area contributed by atoms with Crippen LogP contribution in [-0.2, 0) is 24.3 Å². The third-order valence-corrected chi connectivity index (χ3v) is 4.74. The molecule has 4 nitrogen and oxygen atoms in total. The van der Waals surface area contributed by atoms with Crippen molar-refractivity contribution in [3.05, 3.63) is 51.9 Å². The fourth-order valence-electron chi connectivity index (χ4n) is 2.69. The van der Waals surface area contributed by atoms with Gasteiger partial charge in [0.1, 0.15) is 0 Å². The maximum atomic E-state index is 11.0. The molecule has 1 aliphatic rings. The van der Waals surface area contributed by atoms with Crippen molar-refractivity contribution in [2.75, 3.05) is 6.54 Å². The Morgan fingerprint density at radius 1 is 1.45 bits per heavy atom. The molecule has 0 spiro atoms. The van der Waals surface area contributed by atoms with Crippen LogP contribution in [0.5, 0.6) is 5.06 Å². The van der Waals surface area contributed by atoms with Crippen LogP contribution in [0.25, 0.3) is 0 Å². The summed E-state index contributed by atoms with van der Waals surface area (Å²) in [5.74, 6) is -0.274. The number of ether oxygens (including phenoxy) is 1. The molecule has 0 aliphatic carbocycles. The van der Waals surface area contributed by atoms with Crippen LogP contribution >= 0.6 is 11.3 Å². The molecule has 22 heavy (non-hydrogen) atoms. The van der Waals surface area contributed by atoms with E-state index in [-0.39, 0.29) is 5.97 Å². The average molecular weight is 312 g/mol. The van der Waals surface area contributed by atoms with Gasteiger partial charge in [-0.25, -0.2) is 0 Å². The summed E-state index contributed by atoms with van der Waals surface area (Å²) in [4.78, 5) is 14.7. The SMILES string of the molecule is CC(=O)Oc1cc2c(s1)CCN(Cc1cccc(C#N)c1)C2. The summed E-state index contributed by atoms with van der Waals surface area (Å²) in [7, 11) is 0. The number of carbonyl (C=O) groups excluding carboxylic acids is 1. The Morgan fingerprint density at radius 2 is 2.32 bits per heavy atom. The van der Waals surface area contributed by atoms with Crippen molar-refractivity contribution < 1.29 is 9.53 Å². The topological polar surface area (TPSA) is 53.3 Å². The van der Waals surface area contributed by atoms with Gasteiger partial charge in [0.2, 0.25) is 0 Å². The van der Waals surface area contributed by atoms with Gasteiger partial charge in [0, 0.05) is 31.4 Å². The molecule has 0 saturated carbocycles. The van der Waals surface area contributed by atoms with Crippen molar-refractivity contribution >= 4 is 17.3 Å². The minimum absolute atomic E-state index is 0.274. The lowest BCUT2D eigenvalue weighted by molar-refractivity contribution is -0.131. The molecule has 0 unspecified atom stereocenters. The van der Waals surface area contributed by atoms with Crippen molar-refractivity contribution in [2.45, 2.75) is 26.4 Å². The molecule has 3 rings (SSSR count). The molecule has 2 aromatic rings. The Morgan fingerprint density at radius 3 is 3.09 bits per heavy atom. The van der Waals surface area contributed by atoms with Crippen molar-refractivity contribution in [2.24, 2.45) is 0 Å². The number of nitriles is 1. The van der Waals surface area contributed by atoms with E-state index in [9.17, 15) is 4.79 Å². The van der Waals surface area contributed by atoms with E-state index in [1.165, 1.54) is 17.4 Å². The van der Waals surface area contributed by atoms with Crippen LogP contribution in [0.3, 0.4) is 0 Å². The van der Waals surface area contributed by atoms with E-state index in [0.29, 0.717) is 10.6 Å². The lowest BCUT2D eigenvalue weighted by atomic mass is 10.1. The van der Waals surface area contributed by atoms with Gasteiger partial charge in [-0.1, -0.05) is 12.1 Å². The Bertz CT molecular complexity index is 745. The van der Waals surface area contributed by atoms with E-state index in [0.717, 1.165) is 31.6 Å². The molecule has 112 valence electrons. The largest absolute Gasteiger partial charge is 0.416 e.